The van der Waals surface area contributed by atoms with Crippen LogP contribution in [0.3, 0.4) is 0 Å². The fourth-order valence-electron chi connectivity index (χ4n) is 2.75. The lowest BCUT2D eigenvalue weighted by molar-refractivity contribution is 0.409. The molecule has 5 nitrogen and oxygen atoms in total. The maximum atomic E-state index is 12.2. The second-order valence-corrected chi connectivity index (χ2v) is 7.84. The Balaban J connectivity index is 1.71. The molecule has 1 unspecified atom stereocenters. The van der Waals surface area contributed by atoms with Crippen molar-refractivity contribution in [2.24, 2.45) is 4.99 Å². The maximum Gasteiger partial charge on any atom is 0.191 e. The summed E-state index contributed by atoms with van der Waals surface area (Å²) in [7, 11) is 2.54. The van der Waals surface area contributed by atoms with Crippen molar-refractivity contribution in [1.82, 2.24) is 10.6 Å². The van der Waals surface area contributed by atoms with Gasteiger partial charge in [-0.15, -0.1) is 0 Å². The Labute approximate surface area is 164 Å². The molecule has 0 aliphatic rings. The van der Waals surface area contributed by atoms with Crippen LogP contribution < -0.4 is 15.4 Å². The van der Waals surface area contributed by atoms with Gasteiger partial charge in [0.1, 0.15) is 5.75 Å². The second-order valence-electron chi connectivity index (χ2n) is 6.26. The van der Waals surface area contributed by atoms with E-state index in [1.54, 1.807) is 14.2 Å². The number of ether oxygens (including phenoxy) is 1. The van der Waals surface area contributed by atoms with Gasteiger partial charge < -0.3 is 15.4 Å². The summed E-state index contributed by atoms with van der Waals surface area (Å²) in [5, 5.41) is 6.52. The van der Waals surface area contributed by atoms with Crippen molar-refractivity contribution in [2.75, 3.05) is 33.0 Å². The lowest BCUT2D eigenvalue weighted by atomic mass is 10.1. The van der Waals surface area contributed by atoms with Gasteiger partial charge in [-0.3, -0.25) is 9.20 Å². The van der Waals surface area contributed by atoms with Crippen LogP contribution in [-0.4, -0.2) is 43.2 Å². The quantitative estimate of drug-likeness (QED) is 0.513. The van der Waals surface area contributed by atoms with E-state index < -0.39 is 10.8 Å². The van der Waals surface area contributed by atoms with Gasteiger partial charge in [0.05, 0.1) is 7.11 Å². The molecule has 0 saturated heterocycles. The Morgan fingerprint density at radius 3 is 2.56 bits per heavy atom. The van der Waals surface area contributed by atoms with Crippen LogP contribution in [0.2, 0.25) is 0 Å². The number of hydrogen-bond acceptors (Lipinski definition) is 3. The summed E-state index contributed by atoms with van der Waals surface area (Å²) in [6, 6.07) is 16.1. The van der Waals surface area contributed by atoms with Crippen LogP contribution >= 0.6 is 0 Å². The van der Waals surface area contributed by atoms with Gasteiger partial charge >= 0.3 is 0 Å². The van der Waals surface area contributed by atoms with Crippen LogP contribution in [0.5, 0.6) is 5.75 Å². The lowest BCUT2D eigenvalue weighted by Gasteiger charge is -2.13. The Morgan fingerprint density at radius 1 is 1.11 bits per heavy atom. The average molecular weight is 388 g/mol. The van der Waals surface area contributed by atoms with Gasteiger partial charge in [-0.25, -0.2) is 0 Å². The summed E-state index contributed by atoms with van der Waals surface area (Å²) in [5.41, 5.74) is 3.49. The van der Waals surface area contributed by atoms with Crippen molar-refractivity contribution >= 4 is 16.8 Å². The minimum atomic E-state index is -0.894. The largest absolute Gasteiger partial charge is 0.496 e. The van der Waals surface area contributed by atoms with Gasteiger partial charge in [0.25, 0.3) is 0 Å². The van der Waals surface area contributed by atoms with Crippen molar-refractivity contribution in [3.05, 3.63) is 65.2 Å². The maximum absolute atomic E-state index is 12.2. The highest BCUT2D eigenvalue weighted by Gasteiger charge is 2.05. The van der Waals surface area contributed by atoms with E-state index in [-0.39, 0.29) is 0 Å². The SMILES string of the molecule is CN=C(NCCc1cc(C)ccc1OC)NCCS(=O)Cc1ccccc1. The first-order valence-corrected chi connectivity index (χ1v) is 10.6. The van der Waals surface area contributed by atoms with Crippen molar-refractivity contribution in [1.29, 1.82) is 0 Å². The van der Waals surface area contributed by atoms with Gasteiger partial charge in [-0.2, -0.15) is 0 Å². The molecule has 0 amide bonds. The number of aliphatic imine (C=N–C) groups is 1. The van der Waals surface area contributed by atoms with Crippen LogP contribution in [0.15, 0.2) is 53.5 Å². The van der Waals surface area contributed by atoms with Crippen molar-refractivity contribution < 1.29 is 8.95 Å². The molecule has 0 bridgehead atoms. The molecule has 0 spiro atoms. The molecule has 0 heterocycles. The monoisotopic (exact) mass is 387 g/mol. The highest BCUT2D eigenvalue weighted by molar-refractivity contribution is 7.84. The summed E-state index contributed by atoms with van der Waals surface area (Å²) in [5.74, 6) is 2.79. The number of nitrogens with zero attached hydrogens (tertiary/aromatic N) is 1. The zero-order valence-electron chi connectivity index (χ0n) is 16.3. The number of methoxy groups -OCH3 is 1. The number of aryl methyl sites for hydroxylation is 1. The highest BCUT2D eigenvalue weighted by Crippen LogP contribution is 2.19. The van der Waals surface area contributed by atoms with Crippen molar-refractivity contribution in [3.63, 3.8) is 0 Å². The molecule has 0 radical (unpaired) electrons. The molecule has 2 aromatic carbocycles. The minimum absolute atomic E-state index is 0.585. The van der Waals surface area contributed by atoms with Crippen molar-refractivity contribution in [2.45, 2.75) is 19.1 Å². The predicted octanol–water partition coefficient (Wildman–Crippen LogP) is 2.66. The van der Waals surface area contributed by atoms with E-state index in [1.165, 1.54) is 11.1 Å². The molecule has 2 N–H and O–H groups in total. The molecule has 0 saturated carbocycles. The molecular weight excluding hydrogens is 358 g/mol. The third-order valence-corrected chi connectivity index (χ3v) is 5.45. The number of benzene rings is 2. The molecule has 2 aromatic rings. The van der Waals surface area contributed by atoms with Gasteiger partial charge in [0.15, 0.2) is 5.96 Å². The smallest absolute Gasteiger partial charge is 0.191 e. The zero-order chi connectivity index (χ0) is 19.5. The van der Waals surface area contributed by atoms with Crippen LogP contribution in [0.4, 0.5) is 0 Å². The summed E-state index contributed by atoms with van der Waals surface area (Å²) in [6.45, 7) is 3.44. The second kappa shape index (κ2) is 11.4. The number of hydrogen-bond donors (Lipinski definition) is 2. The molecule has 0 fully saturated rings. The first kappa shape index (κ1) is 21.0. The van der Waals surface area contributed by atoms with Crippen LogP contribution in [0, 0.1) is 6.92 Å². The summed E-state index contributed by atoms with van der Waals surface area (Å²) < 4.78 is 17.6. The standard InChI is InChI=1S/C21H29N3O2S/c1-17-9-10-20(26-3)19(15-17)11-12-23-21(22-2)24-13-14-27(25)16-18-7-5-4-6-8-18/h4-10,15H,11-14,16H2,1-3H3,(H2,22,23,24). The van der Waals surface area contributed by atoms with E-state index in [4.69, 9.17) is 4.74 Å². The fraction of sp³-hybridized carbons (Fsp3) is 0.381. The first-order valence-electron chi connectivity index (χ1n) is 9.09. The highest BCUT2D eigenvalue weighted by atomic mass is 32.2. The third-order valence-electron chi connectivity index (χ3n) is 4.14. The van der Waals surface area contributed by atoms with E-state index in [1.807, 2.05) is 42.5 Å². The topological polar surface area (TPSA) is 62.7 Å². The van der Waals surface area contributed by atoms with Gasteiger partial charge in [-0.1, -0.05) is 48.0 Å². The van der Waals surface area contributed by atoms with Crippen LogP contribution in [0.1, 0.15) is 16.7 Å². The van der Waals surface area contributed by atoms with Gasteiger partial charge in [0.2, 0.25) is 0 Å². The zero-order valence-corrected chi connectivity index (χ0v) is 17.1. The summed E-state index contributed by atoms with van der Waals surface area (Å²) in [4.78, 5) is 4.22. The average Bonchev–Trinajstić information content (AvgIpc) is 2.67. The van der Waals surface area contributed by atoms with E-state index in [0.717, 1.165) is 30.2 Å². The Bertz CT molecular complexity index is 763. The molecular formula is C21H29N3O2S. The van der Waals surface area contributed by atoms with Gasteiger partial charge in [0, 0.05) is 42.4 Å². The normalized spacial score (nSPS) is 12.5. The van der Waals surface area contributed by atoms with Crippen LogP contribution in [0.25, 0.3) is 0 Å². The fourth-order valence-corrected chi connectivity index (χ4v) is 3.79. The molecule has 146 valence electrons. The first-order chi connectivity index (χ1) is 13.1. The number of guanidine groups is 1. The van der Waals surface area contributed by atoms with Crippen molar-refractivity contribution in [3.8, 4) is 5.75 Å². The van der Waals surface area contributed by atoms with Crippen LogP contribution in [-0.2, 0) is 23.0 Å². The van der Waals surface area contributed by atoms with E-state index in [0.29, 0.717) is 18.1 Å². The molecule has 6 heteroatoms. The van der Waals surface area contributed by atoms with E-state index >= 15 is 0 Å². The molecule has 0 aliphatic carbocycles. The lowest BCUT2D eigenvalue weighted by Crippen LogP contribution is -2.40. The Morgan fingerprint density at radius 2 is 1.85 bits per heavy atom. The summed E-state index contributed by atoms with van der Waals surface area (Å²) in [6.07, 6.45) is 0.839. The predicted molar refractivity (Wildman–Crippen MR) is 114 cm³/mol. The summed E-state index contributed by atoms with van der Waals surface area (Å²) >= 11 is 0. The molecule has 2 rings (SSSR count). The molecule has 0 aliphatic heterocycles. The molecule has 1 atom stereocenters. The molecule has 0 aromatic heterocycles. The van der Waals surface area contributed by atoms with E-state index in [9.17, 15) is 4.21 Å². The minimum Gasteiger partial charge on any atom is -0.496 e. The third kappa shape index (κ3) is 7.43. The Hall–Kier alpha value is -2.34. The number of rotatable bonds is 9. The molecule has 27 heavy (non-hydrogen) atoms. The van der Waals surface area contributed by atoms with E-state index in [2.05, 4.69) is 28.6 Å². The van der Waals surface area contributed by atoms with Gasteiger partial charge in [-0.05, 0) is 30.5 Å². The number of nitrogens with one attached hydrogen (secondary N) is 2. The Kier molecular flexibility index (Phi) is 8.84.